The number of urea groups is 1. The van der Waals surface area contributed by atoms with Crippen molar-refractivity contribution in [2.75, 3.05) is 43.6 Å². The number of morpholine rings is 1. The predicted molar refractivity (Wildman–Crippen MR) is 92.2 cm³/mol. The Bertz CT molecular complexity index is 482. The molecule has 0 aliphatic carbocycles. The third-order valence-electron chi connectivity index (χ3n) is 3.72. The molecule has 0 spiro atoms. The molecular formula is C17H27N3O3. The van der Waals surface area contributed by atoms with Crippen LogP contribution in [-0.4, -0.2) is 51.6 Å². The number of hydrogen-bond donors (Lipinski definition) is 2. The SMILES string of the molecule is COCCCNC(=O)Nc1ccc(N2C[C@@H](C)O[C@H](C)C2)cc1. The molecule has 0 aromatic heterocycles. The van der Waals surface area contributed by atoms with Gasteiger partial charge in [-0.15, -0.1) is 0 Å². The van der Waals surface area contributed by atoms with Crippen LogP contribution in [0.25, 0.3) is 0 Å². The highest BCUT2D eigenvalue weighted by Crippen LogP contribution is 2.22. The summed E-state index contributed by atoms with van der Waals surface area (Å²) < 4.78 is 10.7. The molecule has 6 heteroatoms. The van der Waals surface area contributed by atoms with Crippen LogP contribution >= 0.6 is 0 Å². The topological polar surface area (TPSA) is 62.8 Å². The summed E-state index contributed by atoms with van der Waals surface area (Å²) in [7, 11) is 1.65. The van der Waals surface area contributed by atoms with Gasteiger partial charge in [0.05, 0.1) is 12.2 Å². The lowest BCUT2D eigenvalue weighted by atomic mass is 10.2. The van der Waals surface area contributed by atoms with Crippen LogP contribution in [0.5, 0.6) is 0 Å². The standard InChI is InChI=1S/C17H27N3O3/c1-13-11-20(12-14(2)23-13)16-7-5-15(6-8-16)19-17(21)18-9-4-10-22-3/h5-8,13-14H,4,9-12H2,1-3H3,(H2,18,19,21)/t13-,14-/m1/s1. The van der Waals surface area contributed by atoms with Crippen LogP contribution in [-0.2, 0) is 9.47 Å². The van der Waals surface area contributed by atoms with Crippen molar-refractivity contribution < 1.29 is 14.3 Å². The first kappa shape index (κ1) is 17.6. The van der Waals surface area contributed by atoms with Gasteiger partial charge in [-0.1, -0.05) is 0 Å². The number of rotatable bonds is 6. The van der Waals surface area contributed by atoms with Crippen molar-refractivity contribution >= 4 is 17.4 Å². The first-order valence-corrected chi connectivity index (χ1v) is 8.12. The lowest BCUT2D eigenvalue weighted by Crippen LogP contribution is -2.45. The van der Waals surface area contributed by atoms with Gasteiger partial charge in [0.25, 0.3) is 0 Å². The number of carbonyl (C=O) groups is 1. The van der Waals surface area contributed by atoms with Crippen molar-refractivity contribution in [2.24, 2.45) is 0 Å². The van der Waals surface area contributed by atoms with Crippen LogP contribution in [0.1, 0.15) is 20.3 Å². The molecule has 1 fully saturated rings. The van der Waals surface area contributed by atoms with E-state index in [0.717, 1.165) is 30.9 Å². The third-order valence-corrected chi connectivity index (χ3v) is 3.72. The Kier molecular flexibility index (Phi) is 6.67. The molecule has 2 N–H and O–H groups in total. The number of nitrogens with one attached hydrogen (secondary N) is 2. The summed E-state index contributed by atoms with van der Waals surface area (Å²) in [5, 5.41) is 5.63. The minimum absolute atomic E-state index is 0.192. The second kappa shape index (κ2) is 8.74. The summed E-state index contributed by atoms with van der Waals surface area (Å²) in [6.45, 7) is 7.19. The van der Waals surface area contributed by atoms with Gasteiger partial charge < -0.3 is 25.0 Å². The minimum Gasteiger partial charge on any atom is -0.385 e. The Balaban J connectivity index is 1.83. The second-order valence-corrected chi connectivity index (χ2v) is 5.94. The maximum Gasteiger partial charge on any atom is 0.319 e. The summed E-state index contributed by atoms with van der Waals surface area (Å²) in [5.41, 5.74) is 1.94. The molecule has 0 saturated carbocycles. The van der Waals surface area contributed by atoms with Crippen molar-refractivity contribution in [3.63, 3.8) is 0 Å². The van der Waals surface area contributed by atoms with Gasteiger partial charge in [0.15, 0.2) is 0 Å². The largest absolute Gasteiger partial charge is 0.385 e. The Morgan fingerprint density at radius 2 is 1.91 bits per heavy atom. The lowest BCUT2D eigenvalue weighted by Gasteiger charge is -2.36. The molecule has 1 aromatic carbocycles. The van der Waals surface area contributed by atoms with E-state index < -0.39 is 0 Å². The summed E-state index contributed by atoms with van der Waals surface area (Å²) in [5.74, 6) is 0. The van der Waals surface area contributed by atoms with Crippen LogP contribution in [0.3, 0.4) is 0 Å². The zero-order chi connectivity index (χ0) is 16.7. The zero-order valence-electron chi connectivity index (χ0n) is 14.2. The van der Waals surface area contributed by atoms with E-state index in [9.17, 15) is 4.79 Å². The van der Waals surface area contributed by atoms with E-state index in [4.69, 9.17) is 9.47 Å². The lowest BCUT2D eigenvalue weighted by molar-refractivity contribution is -0.00521. The van der Waals surface area contributed by atoms with E-state index >= 15 is 0 Å². The number of carbonyl (C=O) groups excluding carboxylic acids is 1. The highest BCUT2D eigenvalue weighted by Gasteiger charge is 2.22. The molecule has 0 bridgehead atoms. The van der Waals surface area contributed by atoms with E-state index in [2.05, 4.69) is 29.4 Å². The number of ether oxygens (including phenoxy) is 2. The molecule has 0 unspecified atom stereocenters. The van der Waals surface area contributed by atoms with Crippen molar-refractivity contribution in [2.45, 2.75) is 32.5 Å². The Morgan fingerprint density at radius 1 is 1.26 bits per heavy atom. The Morgan fingerprint density at radius 3 is 2.52 bits per heavy atom. The molecule has 2 atom stereocenters. The summed E-state index contributed by atoms with van der Waals surface area (Å²) in [4.78, 5) is 14.1. The van der Waals surface area contributed by atoms with Gasteiger partial charge in [0.2, 0.25) is 0 Å². The predicted octanol–water partition coefficient (Wildman–Crippen LogP) is 2.46. The van der Waals surface area contributed by atoms with Crippen LogP contribution in [0.15, 0.2) is 24.3 Å². The second-order valence-electron chi connectivity index (χ2n) is 5.94. The van der Waals surface area contributed by atoms with Gasteiger partial charge >= 0.3 is 6.03 Å². The average molecular weight is 321 g/mol. The van der Waals surface area contributed by atoms with Crippen molar-refractivity contribution in [3.8, 4) is 0 Å². The smallest absolute Gasteiger partial charge is 0.319 e. The van der Waals surface area contributed by atoms with Crippen molar-refractivity contribution in [3.05, 3.63) is 24.3 Å². The first-order valence-electron chi connectivity index (χ1n) is 8.12. The summed E-state index contributed by atoms with van der Waals surface area (Å²) in [6, 6.07) is 7.72. The van der Waals surface area contributed by atoms with Crippen LogP contribution in [0.2, 0.25) is 0 Å². The van der Waals surface area contributed by atoms with Gasteiger partial charge in [-0.05, 0) is 44.5 Å². The van der Waals surface area contributed by atoms with E-state index in [1.54, 1.807) is 7.11 Å². The van der Waals surface area contributed by atoms with Crippen molar-refractivity contribution in [1.29, 1.82) is 0 Å². The van der Waals surface area contributed by atoms with Gasteiger partial charge in [-0.3, -0.25) is 0 Å². The average Bonchev–Trinajstić information content (AvgIpc) is 2.51. The van der Waals surface area contributed by atoms with E-state index in [1.165, 1.54) is 0 Å². The molecule has 2 rings (SSSR count). The van der Waals surface area contributed by atoms with Crippen LogP contribution < -0.4 is 15.5 Å². The van der Waals surface area contributed by atoms with Gasteiger partial charge in [-0.2, -0.15) is 0 Å². The quantitative estimate of drug-likeness (QED) is 0.790. The molecule has 1 aliphatic rings. The van der Waals surface area contributed by atoms with E-state index in [1.807, 2.05) is 24.3 Å². The number of benzene rings is 1. The molecule has 2 amide bonds. The Hall–Kier alpha value is -1.79. The number of methoxy groups -OCH3 is 1. The van der Waals surface area contributed by atoms with E-state index in [-0.39, 0.29) is 18.2 Å². The molecule has 6 nitrogen and oxygen atoms in total. The number of amides is 2. The van der Waals surface area contributed by atoms with E-state index in [0.29, 0.717) is 13.2 Å². The molecule has 0 radical (unpaired) electrons. The number of hydrogen-bond acceptors (Lipinski definition) is 4. The molecule has 1 aromatic rings. The summed E-state index contributed by atoms with van der Waals surface area (Å²) in [6.07, 6.45) is 1.26. The minimum atomic E-state index is -0.192. The zero-order valence-corrected chi connectivity index (χ0v) is 14.2. The third kappa shape index (κ3) is 5.73. The maximum absolute atomic E-state index is 11.8. The van der Waals surface area contributed by atoms with Crippen LogP contribution in [0.4, 0.5) is 16.2 Å². The molecule has 23 heavy (non-hydrogen) atoms. The highest BCUT2D eigenvalue weighted by atomic mass is 16.5. The van der Waals surface area contributed by atoms with Gasteiger partial charge in [0, 0.05) is 44.7 Å². The monoisotopic (exact) mass is 321 g/mol. The fourth-order valence-electron chi connectivity index (χ4n) is 2.74. The van der Waals surface area contributed by atoms with Crippen LogP contribution in [0, 0.1) is 0 Å². The molecule has 1 aliphatic heterocycles. The fraction of sp³-hybridized carbons (Fsp3) is 0.588. The maximum atomic E-state index is 11.8. The Labute approximate surface area is 138 Å². The molecule has 1 saturated heterocycles. The normalized spacial score (nSPS) is 21.1. The molecular weight excluding hydrogens is 294 g/mol. The first-order chi connectivity index (χ1) is 11.1. The molecule has 1 heterocycles. The molecule has 128 valence electrons. The van der Waals surface area contributed by atoms with Gasteiger partial charge in [0.1, 0.15) is 0 Å². The number of anilines is 2. The van der Waals surface area contributed by atoms with Crippen molar-refractivity contribution in [1.82, 2.24) is 5.32 Å². The highest BCUT2D eigenvalue weighted by molar-refractivity contribution is 5.89. The van der Waals surface area contributed by atoms with Gasteiger partial charge in [-0.25, -0.2) is 4.79 Å². The number of nitrogens with zero attached hydrogens (tertiary/aromatic N) is 1. The summed E-state index contributed by atoms with van der Waals surface area (Å²) >= 11 is 0. The fourth-order valence-corrected chi connectivity index (χ4v) is 2.74.